The zero-order valence-corrected chi connectivity index (χ0v) is 14.1. The number of pyridine rings is 1. The van der Waals surface area contributed by atoms with E-state index in [1.54, 1.807) is 36.4 Å². The maximum Gasteiger partial charge on any atom is 0.534 e. The highest BCUT2D eigenvalue weighted by Crippen LogP contribution is 2.36. The lowest BCUT2D eigenvalue weighted by molar-refractivity contribution is -0.0499. The van der Waals surface area contributed by atoms with Gasteiger partial charge in [0.1, 0.15) is 11.3 Å². The zero-order valence-electron chi connectivity index (χ0n) is 13.3. The Hall–Kier alpha value is -2.81. The summed E-state index contributed by atoms with van der Waals surface area (Å²) in [5.41, 5.74) is -4.10. The van der Waals surface area contributed by atoms with Crippen molar-refractivity contribution in [3.63, 3.8) is 0 Å². The molecular weight excluding hydrogens is 371 g/mol. The fourth-order valence-corrected chi connectivity index (χ4v) is 2.87. The predicted molar refractivity (Wildman–Crippen MR) is 89.3 cm³/mol. The third kappa shape index (κ3) is 3.30. The number of ether oxygens (including phenoxy) is 1. The Bertz CT molecular complexity index is 1050. The topological polar surface area (TPSA) is 65.5 Å². The summed E-state index contributed by atoms with van der Waals surface area (Å²) in [6, 6.07) is 12.9. The van der Waals surface area contributed by atoms with Crippen molar-refractivity contribution in [3.8, 4) is 22.6 Å². The molecule has 0 aliphatic carbocycles. The van der Waals surface area contributed by atoms with Crippen LogP contribution in [0.5, 0.6) is 11.5 Å². The fourth-order valence-electron chi connectivity index (χ4n) is 2.40. The Kier molecular flexibility index (Phi) is 4.49. The Morgan fingerprint density at radius 2 is 1.69 bits per heavy atom. The maximum atomic E-state index is 12.6. The van der Waals surface area contributed by atoms with Gasteiger partial charge in [0.15, 0.2) is 5.75 Å². The monoisotopic (exact) mass is 383 g/mol. The summed E-state index contributed by atoms with van der Waals surface area (Å²) >= 11 is 0. The molecule has 0 aliphatic heterocycles. The van der Waals surface area contributed by atoms with Gasteiger partial charge in [-0.1, -0.05) is 18.2 Å². The molecule has 0 bridgehead atoms. The number of hydrogen-bond acceptors (Lipinski definition) is 5. The summed E-state index contributed by atoms with van der Waals surface area (Å²) in [6.45, 7) is 0. The van der Waals surface area contributed by atoms with Crippen LogP contribution < -0.4 is 8.92 Å². The number of benzene rings is 2. The summed E-state index contributed by atoms with van der Waals surface area (Å²) in [7, 11) is -4.26. The predicted octanol–water partition coefficient (Wildman–Crippen LogP) is 4.14. The van der Waals surface area contributed by atoms with E-state index in [2.05, 4.69) is 9.17 Å². The quantitative estimate of drug-likeness (QED) is 0.500. The van der Waals surface area contributed by atoms with Crippen molar-refractivity contribution in [1.29, 1.82) is 0 Å². The van der Waals surface area contributed by atoms with Crippen molar-refractivity contribution < 1.29 is 30.5 Å². The van der Waals surface area contributed by atoms with Crippen molar-refractivity contribution in [1.82, 2.24) is 4.98 Å². The van der Waals surface area contributed by atoms with Crippen molar-refractivity contribution in [2.24, 2.45) is 0 Å². The number of hydrogen-bond donors (Lipinski definition) is 0. The Balaban J connectivity index is 2.13. The van der Waals surface area contributed by atoms with E-state index in [4.69, 9.17) is 4.74 Å². The van der Waals surface area contributed by atoms with Gasteiger partial charge < -0.3 is 8.92 Å². The molecule has 0 spiro atoms. The number of halogens is 3. The lowest BCUT2D eigenvalue weighted by atomic mass is 10.00. The van der Waals surface area contributed by atoms with E-state index in [-0.39, 0.29) is 5.52 Å². The smallest absolute Gasteiger partial charge is 0.497 e. The molecule has 0 saturated carbocycles. The second-order valence-electron chi connectivity index (χ2n) is 5.22. The number of rotatable bonds is 4. The zero-order chi connectivity index (χ0) is 18.9. The molecule has 0 saturated heterocycles. The highest BCUT2D eigenvalue weighted by atomic mass is 32.2. The lowest BCUT2D eigenvalue weighted by Crippen LogP contribution is -2.28. The first-order chi connectivity index (χ1) is 12.2. The third-order valence-corrected chi connectivity index (χ3v) is 4.58. The van der Waals surface area contributed by atoms with Crippen molar-refractivity contribution in [2.45, 2.75) is 5.51 Å². The van der Waals surface area contributed by atoms with E-state index in [0.29, 0.717) is 16.7 Å². The van der Waals surface area contributed by atoms with Crippen molar-refractivity contribution in [2.75, 3.05) is 7.11 Å². The van der Waals surface area contributed by atoms with Crippen LogP contribution in [0.2, 0.25) is 0 Å². The molecule has 0 unspecified atom stereocenters. The molecule has 0 aliphatic rings. The summed E-state index contributed by atoms with van der Waals surface area (Å²) in [5.74, 6) is 0.155. The maximum absolute atomic E-state index is 12.6. The van der Waals surface area contributed by atoms with Gasteiger partial charge in [-0.2, -0.15) is 21.6 Å². The van der Waals surface area contributed by atoms with Gasteiger partial charge in [-0.3, -0.25) is 4.98 Å². The van der Waals surface area contributed by atoms with Gasteiger partial charge in [0.2, 0.25) is 0 Å². The third-order valence-electron chi connectivity index (χ3n) is 3.62. The summed E-state index contributed by atoms with van der Waals surface area (Å²) < 4.78 is 69.7. The van der Waals surface area contributed by atoms with Crippen molar-refractivity contribution >= 4 is 21.0 Å². The molecule has 0 atom stereocenters. The van der Waals surface area contributed by atoms with E-state index in [9.17, 15) is 21.6 Å². The molecule has 2 aromatic carbocycles. The molecular formula is C17H12F3NO4S. The summed E-state index contributed by atoms with van der Waals surface area (Å²) in [4.78, 5) is 3.99. The Morgan fingerprint density at radius 3 is 2.31 bits per heavy atom. The van der Waals surface area contributed by atoms with Crippen LogP contribution in [0.25, 0.3) is 22.0 Å². The van der Waals surface area contributed by atoms with Gasteiger partial charge in [-0.05, 0) is 41.5 Å². The molecule has 5 nitrogen and oxygen atoms in total. The summed E-state index contributed by atoms with van der Waals surface area (Å²) in [6.07, 6.45) is 1.34. The number of nitrogens with zero attached hydrogens (tertiary/aromatic N) is 1. The van der Waals surface area contributed by atoms with Crippen LogP contribution in [0.3, 0.4) is 0 Å². The molecule has 1 aromatic heterocycles. The molecule has 26 heavy (non-hydrogen) atoms. The van der Waals surface area contributed by atoms with Gasteiger partial charge in [0, 0.05) is 11.6 Å². The number of alkyl halides is 3. The average molecular weight is 383 g/mol. The first-order valence-electron chi connectivity index (χ1n) is 7.26. The largest absolute Gasteiger partial charge is 0.534 e. The molecule has 9 heteroatoms. The molecule has 136 valence electrons. The molecule has 0 fully saturated rings. The standard InChI is InChI=1S/C17H12F3NO4S/c1-24-12-6-4-11(5-7-12)13-8-9-15(16-14(13)3-2-10-21-16)25-26(22,23)17(18,19)20/h2-10H,1H3. The van der Waals surface area contributed by atoms with Gasteiger partial charge in [0.05, 0.1) is 7.11 Å². The van der Waals surface area contributed by atoms with Crippen LogP contribution in [-0.2, 0) is 10.1 Å². The summed E-state index contributed by atoms with van der Waals surface area (Å²) in [5, 5.41) is 0.451. The highest BCUT2D eigenvalue weighted by Gasteiger charge is 2.48. The van der Waals surface area contributed by atoms with E-state index >= 15 is 0 Å². The highest BCUT2D eigenvalue weighted by molar-refractivity contribution is 7.88. The van der Waals surface area contributed by atoms with Crippen molar-refractivity contribution in [3.05, 3.63) is 54.7 Å². The van der Waals surface area contributed by atoms with E-state index in [1.165, 1.54) is 19.4 Å². The normalized spacial score (nSPS) is 12.2. The molecule has 0 N–H and O–H groups in total. The van der Waals surface area contributed by atoms with Crippen LogP contribution in [0, 0.1) is 0 Å². The molecule has 3 aromatic rings. The Labute approximate surface area is 147 Å². The molecule has 1 heterocycles. The van der Waals surface area contributed by atoms with Crippen LogP contribution in [0.1, 0.15) is 0 Å². The van der Waals surface area contributed by atoms with Gasteiger partial charge in [-0.15, -0.1) is 0 Å². The second kappa shape index (κ2) is 6.49. The van der Waals surface area contributed by atoms with Crippen LogP contribution in [0.15, 0.2) is 54.7 Å². The van der Waals surface area contributed by atoms with E-state index < -0.39 is 21.4 Å². The lowest BCUT2D eigenvalue weighted by Gasteiger charge is -2.13. The van der Waals surface area contributed by atoms with Crippen LogP contribution in [-0.4, -0.2) is 26.0 Å². The number of methoxy groups -OCH3 is 1. The minimum Gasteiger partial charge on any atom is -0.497 e. The van der Waals surface area contributed by atoms with E-state index in [1.807, 2.05) is 0 Å². The fraction of sp³-hybridized carbons (Fsp3) is 0.118. The van der Waals surface area contributed by atoms with Crippen LogP contribution >= 0.6 is 0 Å². The average Bonchev–Trinajstić information content (AvgIpc) is 2.61. The second-order valence-corrected chi connectivity index (χ2v) is 6.76. The molecule has 3 rings (SSSR count). The minimum absolute atomic E-state index is 0.00800. The minimum atomic E-state index is -5.79. The van der Waals surface area contributed by atoms with Crippen LogP contribution in [0.4, 0.5) is 13.2 Å². The Morgan fingerprint density at radius 1 is 1.00 bits per heavy atom. The first-order valence-corrected chi connectivity index (χ1v) is 8.67. The van der Waals surface area contributed by atoms with Gasteiger partial charge in [-0.25, -0.2) is 0 Å². The first kappa shape index (κ1) is 18.0. The number of fused-ring (bicyclic) bond motifs is 1. The van der Waals surface area contributed by atoms with E-state index in [0.717, 1.165) is 11.6 Å². The SMILES string of the molecule is COc1ccc(-c2ccc(OS(=O)(=O)C(F)(F)F)c3ncccc23)cc1. The molecule has 0 amide bonds. The molecule has 0 radical (unpaired) electrons. The number of aromatic nitrogens is 1. The van der Waals surface area contributed by atoms with Gasteiger partial charge in [0.25, 0.3) is 0 Å². The van der Waals surface area contributed by atoms with Gasteiger partial charge >= 0.3 is 15.6 Å².